The number of hydrogen-bond acceptors (Lipinski definition) is 4. The maximum Gasteiger partial charge on any atom is 0.272 e. The molecular weight excluding hydrogens is 294 g/mol. The quantitative estimate of drug-likeness (QED) is 0.904. The summed E-state index contributed by atoms with van der Waals surface area (Å²) in [5.41, 5.74) is 2.13. The van der Waals surface area contributed by atoms with Crippen LogP contribution in [0.5, 0.6) is 0 Å². The summed E-state index contributed by atoms with van der Waals surface area (Å²) < 4.78 is 10.8. The Balaban J connectivity index is 1.76. The van der Waals surface area contributed by atoms with E-state index in [-0.39, 0.29) is 18.1 Å². The van der Waals surface area contributed by atoms with Crippen molar-refractivity contribution >= 4 is 5.91 Å². The number of carbonyl (C=O) groups is 1. The van der Waals surface area contributed by atoms with Crippen LogP contribution in [0.25, 0.3) is 11.4 Å². The van der Waals surface area contributed by atoms with Gasteiger partial charge in [-0.05, 0) is 13.3 Å². The molecule has 1 saturated heterocycles. The van der Waals surface area contributed by atoms with Crippen molar-refractivity contribution in [3.8, 4) is 11.4 Å². The molecular formula is C17H21N3O3. The molecule has 1 fully saturated rings. The number of rotatable bonds is 4. The molecule has 1 amide bonds. The average Bonchev–Trinajstić information content (AvgIpc) is 2.98. The van der Waals surface area contributed by atoms with E-state index in [1.54, 1.807) is 7.11 Å². The van der Waals surface area contributed by atoms with Crippen molar-refractivity contribution in [2.75, 3.05) is 20.3 Å². The van der Waals surface area contributed by atoms with Crippen LogP contribution >= 0.6 is 0 Å². The molecule has 2 atom stereocenters. The fourth-order valence-corrected chi connectivity index (χ4v) is 2.76. The number of aromatic amines is 1. The van der Waals surface area contributed by atoms with Crippen molar-refractivity contribution < 1.29 is 14.3 Å². The fraction of sp³-hybridized carbons (Fsp3) is 0.412. The second kappa shape index (κ2) is 6.93. The van der Waals surface area contributed by atoms with Gasteiger partial charge >= 0.3 is 0 Å². The lowest BCUT2D eigenvalue weighted by Crippen LogP contribution is -2.49. The summed E-state index contributed by atoms with van der Waals surface area (Å²) in [7, 11) is 1.63. The molecule has 23 heavy (non-hydrogen) atoms. The highest BCUT2D eigenvalue weighted by Crippen LogP contribution is 2.18. The van der Waals surface area contributed by atoms with Crippen LogP contribution in [0.1, 0.15) is 22.6 Å². The van der Waals surface area contributed by atoms with E-state index < -0.39 is 0 Å². The Labute approximate surface area is 135 Å². The lowest BCUT2D eigenvalue weighted by molar-refractivity contribution is -0.0479. The van der Waals surface area contributed by atoms with Gasteiger partial charge in [0, 0.05) is 25.0 Å². The maximum absolute atomic E-state index is 12.5. The van der Waals surface area contributed by atoms with E-state index in [0.29, 0.717) is 24.7 Å². The largest absolute Gasteiger partial charge is 0.379 e. The average molecular weight is 315 g/mol. The predicted molar refractivity (Wildman–Crippen MR) is 86.2 cm³/mol. The molecule has 1 aromatic heterocycles. The summed E-state index contributed by atoms with van der Waals surface area (Å²) in [6.45, 7) is 2.97. The Morgan fingerprint density at radius 3 is 2.91 bits per heavy atom. The van der Waals surface area contributed by atoms with Crippen LogP contribution < -0.4 is 5.32 Å². The third-order valence-corrected chi connectivity index (χ3v) is 4.07. The smallest absolute Gasteiger partial charge is 0.272 e. The van der Waals surface area contributed by atoms with Crippen LogP contribution in [0, 0.1) is 6.92 Å². The number of carbonyl (C=O) groups excluding carboxylic acids is 1. The number of methoxy groups -OCH3 is 1. The van der Waals surface area contributed by atoms with E-state index >= 15 is 0 Å². The summed E-state index contributed by atoms with van der Waals surface area (Å²) in [4.78, 5) is 20.2. The number of imidazole rings is 1. The van der Waals surface area contributed by atoms with Crippen molar-refractivity contribution in [2.24, 2.45) is 0 Å². The zero-order valence-electron chi connectivity index (χ0n) is 13.3. The predicted octanol–water partition coefficient (Wildman–Crippen LogP) is 1.92. The molecule has 1 aliphatic heterocycles. The number of nitrogens with one attached hydrogen (secondary N) is 2. The minimum atomic E-state index is -0.185. The second-order valence-electron chi connectivity index (χ2n) is 5.64. The molecule has 1 aromatic carbocycles. The Morgan fingerprint density at radius 2 is 2.17 bits per heavy atom. The second-order valence-corrected chi connectivity index (χ2v) is 5.64. The van der Waals surface area contributed by atoms with Crippen molar-refractivity contribution in [1.82, 2.24) is 15.3 Å². The fourth-order valence-electron chi connectivity index (χ4n) is 2.76. The third kappa shape index (κ3) is 3.43. The van der Waals surface area contributed by atoms with E-state index in [1.807, 2.05) is 37.3 Å². The summed E-state index contributed by atoms with van der Waals surface area (Å²) in [6, 6.07) is 9.69. The Bertz CT molecular complexity index is 669. The molecule has 0 radical (unpaired) electrons. The van der Waals surface area contributed by atoms with Gasteiger partial charge in [0.2, 0.25) is 0 Å². The molecule has 0 aliphatic carbocycles. The van der Waals surface area contributed by atoms with Crippen LogP contribution in [0.15, 0.2) is 30.3 Å². The molecule has 6 heteroatoms. The summed E-state index contributed by atoms with van der Waals surface area (Å²) in [5, 5.41) is 3.02. The number of H-pyrrole nitrogens is 1. The Morgan fingerprint density at radius 1 is 1.39 bits per heavy atom. The zero-order chi connectivity index (χ0) is 16.2. The number of nitrogens with zero attached hydrogens (tertiary/aromatic N) is 1. The van der Waals surface area contributed by atoms with Crippen molar-refractivity contribution in [3.05, 3.63) is 41.7 Å². The first-order chi connectivity index (χ1) is 11.2. The molecule has 2 N–H and O–H groups in total. The summed E-state index contributed by atoms with van der Waals surface area (Å²) in [5.74, 6) is 0.512. The lowest BCUT2D eigenvalue weighted by atomic mass is 10.1. The Hall–Kier alpha value is -2.18. The van der Waals surface area contributed by atoms with Gasteiger partial charge in [-0.15, -0.1) is 0 Å². The van der Waals surface area contributed by atoms with Gasteiger partial charge in [-0.25, -0.2) is 4.98 Å². The molecule has 1 aliphatic rings. The van der Waals surface area contributed by atoms with Gasteiger partial charge < -0.3 is 19.8 Å². The first kappa shape index (κ1) is 15.7. The van der Waals surface area contributed by atoms with Gasteiger partial charge in [-0.1, -0.05) is 30.3 Å². The van der Waals surface area contributed by atoms with Gasteiger partial charge in [0.05, 0.1) is 12.6 Å². The van der Waals surface area contributed by atoms with Crippen LogP contribution in [-0.2, 0) is 9.47 Å². The molecule has 122 valence electrons. The number of aryl methyl sites for hydroxylation is 1. The van der Waals surface area contributed by atoms with Crippen molar-refractivity contribution in [1.29, 1.82) is 0 Å². The molecule has 6 nitrogen and oxygen atoms in total. The van der Waals surface area contributed by atoms with E-state index in [9.17, 15) is 4.79 Å². The normalized spacial score (nSPS) is 21.1. The van der Waals surface area contributed by atoms with Crippen LogP contribution in [-0.4, -0.2) is 48.3 Å². The minimum absolute atomic E-state index is 0.0578. The van der Waals surface area contributed by atoms with E-state index in [1.165, 1.54) is 0 Å². The summed E-state index contributed by atoms with van der Waals surface area (Å²) >= 11 is 0. The van der Waals surface area contributed by atoms with E-state index in [4.69, 9.17) is 9.47 Å². The van der Waals surface area contributed by atoms with Gasteiger partial charge in [0.25, 0.3) is 5.91 Å². The lowest BCUT2D eigenvalue weighted by Gasteiger charge is -2.30. The SMILES string of the molecule is CO[C@@H]1COCC[C@H]1NC(=O)c1nc(-c2ccccc2)[nH]c1C. The molecule has 2 heterocycles. The summed E-state index contributed by atoms with van der Waals surface area (Å²) in [6.07, 6.45) is 0.611. The maximum atomic E-state index is 12.5. The van der Waals surface area contributed by atoms with Gasteiger partial charge in [-0.3, -0.25) is 4.79 Å². The van der Waals surface area contributed by atoms with Gasteiger partial charge in [0.15, 0.2) is 0 Å². The highest BCUT2D eigenvalue weighted by molar-refractivity contribution is 5.94. The first-order valence-corrected chi connectivity index (χ1v) is 7.72. The highest BCUT2D eigenvalue weighted by Gasteiger charge is 2.28. The first-order valence-electron chi connectivity index (χ1n) is 7.72. The number of amides is 1. The molecule has 0 bridgehead atoms. The van der Waals surface area contributed by atoms with E-state index in [2.05, 4.69) is 15.3 Å². The third-order valence-electron chi connectivity index (χ3n) is 4.07. The number of benzene rings is 1. The number of hydrogen-bond donors (Lipinski definition) is 2. The molecule has 0 unspecified atom stereocenters. The number of ether oxygens (including phenoxy) is 2. The van der Waals surface area contributed by atoms with Gasteiger partial charge in [0.1, 0.15) is 17.6 Å². The molecule has 0 spiro atoms. The molecule has 2 aromatic rings. The van der Waals surface area contributed by atoms with Crippen LogP contribution in [0.4, 0.5) is 0 Å². The molecule has 3 rings (SSSR count). The minimum Gasteiger partial charge on any atom is -0.379 e. The monoisotopic (exact) mass is 315 g/mol. The molecule has 0 saturated carbocycles. The topological polar surface area (TPSA) is 76.2 Å². The van der Waals surface area contributed by atoms with Crippen molar-refractivity contribution in [2.45, 2.75) is 25.5 Å². The van der Waals surface area contributed by atoms with Crippen LogP contribution in [0.2, 0.25) is 0 Å². The highest BCUT2D eigenvalue weighted by atomic mass is 16.5. The van der Waals surface area contributed by atoms with Gasteiger partial charge in [-0.2, -0.15) is 0 Å². The zero-order valence-corrected chi connectivity index (χ0v) is 13.3. The van der Waals surface area contributed by atoms with E-state index in [0.717, 1.165) is 17.7 Å². The van der Waals surface area contributed by atoms with Crippen molar-refractivity contribution in [3.63, 3.8) is 0 Å². The standard InChI is InChI=1S/C17H21N3O3/c1-11-15(20-16(18-11)12-6-4-3-5-7-12)17(21)19-13-8-9-23-10-14(13)22-2/h3-7,13-14H,8-10H2,1-2H3,(H,18,20)(H,19,21)/t13-,14-/m1/s1. The number of aromatic nitrogens is 2. The van der Waals surface area contributed by atoms with Crippen LogP contribution in [0.3, 0.4) is 0 Å². The Kier molecular flexibility index (Phi) is 4.73.